The van der Waals surface area contributed by atoms with Crippen molar-refractivity contribution in [2.24, 2.45) is 0 Å². The molecule has 1 aliphatic heterocycles. The van der Waals surface area contributed by atoms with Crippen molar-refractivity contribution in [3.05, 3.63) is 222 Å². The third kappa shape index (κ3) is 5.54. The van der Waals surface area contributed by atoms with Gasteiger partial charge in [-0.15, -0.1) is 0 Å². The van der Waals surface area contributed by atoms with E-state index in [-0.39, 0.29) is 0 Å². The van der Waals surface area contributed by atoms with Gasteiger partial charge in [0.05, 0.1) is 34.2 Å². The number of nitrogens with zero attached hydrogens (tertiary/aromatic N) is 1. The Labute approximate surface area is 306 Å². The second-order valence-corrected chi connectivity index (χ2v) is 12.8. The molecule has 0 saturated carbocycles. The molecule has 8 aromatic rings. The largest absolute Gasteiger partial charge is 0.464 e. The number of esters is 2. The maximum Gasteiger partial charge on any atom is 0.343 e. The van der Waals surface area contributed by atoms with E-state index >= 15 is 0 Å². The van der Waals surface area contributed by atoms with Crippen LogP contribution >= 0.6 is 0 Å². The first-order valence-corrected chi connectivity index (χ1v) is 17.3. The van der Waals surface area contributed by atoms with Crippen molar-refractivity contribution >= 4 is 40.0 Å². The van der Waals surface area contributed by atoms with Crippen LogP contribution in [0.15, 0.2) is 193 Å². The molecule has 7 aromatic carbocycles. The van der Waals surface area contributed by atoms with Gasteiger partial charge in [0, 0.05) is 11.1 Å². The first-order chi connectivity index (χ1) is 26.1. The first kappa shape index (κ1) is 31.8. The van der Waals surface area contributed by atoms with Crippen LogP contribution in [0, 0.1) is 0 Å². The number of benzene rings is 7. The highest BCUT2D eigenvalue weighted by Gasteiger charge is 2.46. The molecule has 0 fully saturated rings. The second kappa shape index (κ2) is 13.2. The number of carbonyl (C=O) groups is 2. The van der Waals surface area contributed by atoms with E-state index in [4.69, 9.17) is 13.9 Å². The van der Waals surface area contributed by atoms with Crippen LogP contribution in [-0.2, 0) is 5.41 Å². The van der Waals surface area contributed by atoms with Gasteiger partial charge in [-0.2, -0.15) is 0 Å². The molecular formula is C47H31NO5. The standard InChI is InChI=1S/C47H31NO5/c49-45(32-11-3-1-4-12-32)52-38-24-19-35(20-25-38)47(36-21-26-39(27-22-36)53-46(50)33-13-5-2-6-14-33)40-15-7-9-17-42(40)48(43-18-10-8-16-41(43)47)37-23-28-44-34(31-37)29-30-51-44/h1-31H. The molecule has 6 nitrogen and oxygen atoms in total. The molecule has 0 N–H and O–H groups in total. The monoisotopic (exact) mass is 689 g/mol. The van der Waals surface area contributed by atoms with Gasteiger partial charge in [0.25, 0.3) is 0 Å². The van der Waals surface area contributed by atoms with Crippen molar-refractivity contribution in [2.45, 2.75) is 5.41 Å². The lowest BCUT2D eigenvalue weighted by molar-refractivity contribution is 0.0725. The summed E-state index contributed by atoms with van der Waals surface area (Å²) >= 11 is 0. The van der Waals surface area contributed by atoms with Gasteiger partial charge in [0.15, 0.2) is 0 Å². The molecule has 9 rings (SSSR count). The van der Waals surface area contributed by atoms with E-state index in [0.717, 1.165) is 50.3 Å². The molecule has 0 amide bonds. The van der Waals surface area contributed by atoms with Crippen LogP contribution in [0.1, 0.15) is 43.0 Å². The number of para-hydroxylation sites is 2. The smallest absolute Gasteiger partial charge is 0.343 e. The molecular weight excluding hydrogens is 659 g/mol. The Hall–Kier alpha value is -7.18. The normalized spacial score (nSPS) is 12.8. The van der Waals surface area contributed by atoms with Gasteiger partial charge in [0.2, 0.25) is 0 Å². The lowest BCUT2D eigenvalue weighted by atomic mass is 9.62. The van der Waals surface area contributed by atoms with E-state index in [2.05, 4.69) is 65.6 Å². The predicted molar refractivity (Wildman–Crippen MR) is 206 cm³/mol. The lowest BCUT2D eigenvalue weighted by Crippen LogP contribution is -2.37. The van der Waals surface area contributed by atoms with Gasteiger partial charge >= 0.3 is 11.9 Å². The molecule has 1 aliphatic rings. The Bertz CT molecular complexity index is 2450. The Morgan fingerprint density at radius 2 is 0.962 bits per heavy atom. The number of ether oxygens (including phenoxy) is 2. The summed E-state index contributed by atoms with van der Waals surface area (Å²) in [6.45, 7) is 0. The zero-order chi connectivity index (χ0) is 35.8. The van der Waals surface area contributed by atoms with Crippen molar-refractivity contribution in [1.82, 2.24) is 0 Å². The van der Waals surface area contributed by atoms with Crippen LogP contribution in [0.5, 0.6) is 11.5 Å². The zero-order valence-corrected chi connectivity index (χ0v) is 28.4. The number of rotatable bonds is 7. The second-order valence-electron chi connectivity index (χ2n) is 12.8. The molecule has 6 heteroatoms. The summed E-state index contributed by atoms with van der Waals surface area (Å²) in [5, 5.41) is 1.01. The molecule has 0 bridgehead atoms. The fourth-order valence-corrected chi connectivity index (χ4v) is 7.43. The highest BCUT2D eigenvalue weighted by atomic mass is 16.5. The van der Waals surface area contributed by atoms with E-state index in [0.29, 0.717) is 22.6 Å². The molecule has 0 radical (unpaired) electrons. The van der Waals surface area contributed by atoms with Gasteiger partial charge in [-0.3, -0.25) is 0 Å². The summed E-state index contributed by atoms with van der Waals surface area (Å²) in [6, 6.07) is 58.5. The van der Waals surface area contributed by atoms with Crippen molar-refractivity contribution < 1.29 is 23.5 Å². The van der Waals surface area contributed by atoms with Crippen LogP contribution in [-0.4, -0.2) is 11.9 Å². The topological polar surface area (TPSA) is 69.0 Å². The van der Waals surface area contributed by atoms with E-state index in [1.165, 1.54) is 0 Å². The molecule has 254 valence electrons. The summed E-state index contributed by atoms with van der Waals surface area (Å²) in [6.07, 6.45) is 1.71. The molecule has 0 spiro atoms. The number of anilines is 3. The zero-order valence-electron chi connectivity index (χ0n) is 28.4. The number of fused-ring (bicyclic) bond motifs is 3. The van der Waals surface area contributed by atoms with E-state index in [1.54, 1.807) is 30.5 Å². The van der Waals surface area contributed by atoms with Gasteiger partial charge < -0.3 is 18.8 Å². The SMILES string of the molecule is O=C(Oc1ccc(C2(c3ccc(OC(=O)c4ccccc4)cc3)c3ccccc3N(c3ccc4occc4c3)c3ccccc32)cc1)c1ccccc1. The van der Waals surface area contributed by atoms with Crippen LogP contribution in [0.3, 0.4) is 0 Å². The van der Waals surface area contributed by atoms with Gasteiger partial charge in [-0.25, -0.2) is 9.59 Å². The van der Waals surface area contributed by atoms with Crippen LogP contribution in [0.2, 0.25) is 0 Å². The summed E-state index contributed by atoms with van der Waals surface area (Å²) in [5.74, 6) is 0.0290. The minimum absolute atomic E-state index is 0.424. The third-order valence-corrected chi connectivity index (χ3v) is 9.81. The van der Waals surface area contributed by atoms with Crippen molar-refractivity contribution in [3.8, 4) is 11.5 Å². The summed E-state index contributed by atoms with van der Waals surface area (Å²) in [7, 11) is 0. The number of carbonyl (C=O) groups excluding carboxylic acids is 2. The average Bonchev–Trinajstić information content (AvgIpc) is 3.70. The summed E-state index contributed by atoms with van der Waals surface area (Å²) < 4.78 is 17.3. The Kier molecular flexibility index (Phi) is 7.90. The van der Waals surface area contributed by atoms with Crippen molar-refractivity contribution in [1.29, 1.82) is 0 Å². The molecule has 1 aromatic heterocycles. The van der Waals surface area contributed by atoms with Gasteiger partial charge in [-0.05, 0) is 107 Å². The maximum atomic E-state index is 13.0. The van der Waals surface area contributed by atoms with E-state index in [9.17, 15) is 9.59 Å². The number of furan rings is 1. The Balaban J connectivity index is 1.21. The van der Waals surface area contributed by atoms with Gasteiger partial charge in [-0.1, -0.05) is 97.1 Å². The van der Waals surface area contributed by atoms with Crippen LogP contribution < -0.4 is 14.4 Å². The fraction of sp³-hybridized carbons (Fsp3) is 0.0213. The highest BCUT2D eigenvalue weighted by Crippen LogP contribution is 2.58. The first-order valence-electron chi connectivity index (χ1n) is 17.3. The highest BCUT2D eigenvalue weighted by molar-refractivity contribution is 5.94. The van der Waals surface area contributed by atoms with Crippen LogP contribution in [0.4, 0.5) is 17.1 Å². The lowest BCUT2D eigenvalue weighted by Gasteiger charge is -2.46. The Morgan fingerprint density at radius 3 is 1.47 bits per heavy atom. The average molecular weight is 690 g/mol. The summed E-state index contributed by atoms with van der Waals surface area (Å²) in [4.78, 5) is 28.2. The number of hydrogen-bond donors (Lipinski definition) is 0. The minimum atomic E-state index is -0.826. The van der Waals surface area contributed by atoms with E-state index in [1.807, 2.05) is 97.1 Å². The van der Waals surface area contributed by atoms with Crippen LogP contribution in [0.25, 0.3) is 11.0 Å². The van der Waals surface area contributed by atoms with Gasteiger partial charge in [0.1, 0.15) is 17.1 Å². The molecule has 0 atom stereocenters. The fourth-order valence-electron chi connectivity index (χ4n) is 7.43. The molecule has 53 heavy (non-hydrogen) atoms. The van der Waals surface area contributed by atoms with Crippen molar-refractivity contribution in [3.63, 3.8) is 0 Å². The third-order valence-electron chi connectivity index (χ3n) is 9.81. The predicted octanol–water partition coefficient (Wildman–Crippen LogP) is 11.0. The van der Waals surface area contributed by atoms with E-state index < -0.39 is 17.4 Å². The molecule has 0 unspecified atom stereocenters. The Morgan fingerprint density at radius 1 is 0.491 bits per heavy atom. The number of hydrogen-bond acceptors (Lipinski definition) is 6. The molecule has 0 saturated heterocycles. The maximum absolute atomic E-state index is 13.0. The summed E-state index contributed by atoms with van der Waals surface area (Å²) in [5.41, 5.74) is 8.00. The molecule has 2 heterocycles. The quantitative estimate of drug-likeness (QED) is 0.123. The van der Waals surface area contributed by atoms with Crippen molar-refractivity contribution in [2.75, 3.05) is 4.90 Å². The minimum Gasteiger partial charge on any atom is -0.464 e. The molecule has 0 aliphatic carbocycles.